The van der Waals surface area contributed by atoms with Gasteiger partial charge in [-0.2, -0.15) is 0 Å². The molecule has 3 heteroatoms. The molecule has 2 saturated heterocycles. The van der Waals surface area contributed by atoms with E-state index in [1.165, 1.54) is 11.1 Å². The van der Waals surface area contributed by atoms with Crippen molar-refractivity contribution in [1.82, 2.24) is 4.90 Å². The fourth-order valence-electron chi connectivity index (χ4n) is 5.87. The van der Waals surface area contributed by atoms with Crippen LogP contribution < -0.4 is 0 Å². The Hall–Kier alpha value is -1.35. The minimum Gasteiger partial charge on any atom is -0.508 e. The topological polar surface area (TPSA) is 40.5 Å². The molecule has 5 rings (SSSR count). The molecular weight excluding hydrogens is 274 g/mol. The number of benzene rings is 1. The molecule has 22 heavy (non-hydrogen) atoms. The van der Waals surface area contributed by atoms with Crippen molar-refractivity contribution in [3.05, 3.63) is 29.3 Å². The van der Waals surface area contributed by atoms with E-state index in [1.54, 1.807) is 6.92 Å². The highest BCUT2D eigenvalue weighted by molar-refractivity contribution is 5.79. The lowest BCUT2D eigenvalue weighted by atomic mass is 9.48. The maximum absolute atomic E-state index is 12.1. The summed E-state index contributed by atoms with van der Waals surface area (Å²) in [4.78, 5) is 14.6. The number of nitrogens with zero attached hydrogens (tertiary/aromatic N) is 1. The summed E-state index contributed by atoms with van der Waals surface area (Å²) < 4.78 is 0. The van der Waals surface area contributed by atoms with E-state index in [-0.39, 0.29) is 11.3 Å². The molecule has 0 amide bonds. The van der Waals surface area contributed by atoms with E-state index in [4.69, 9.17) is 0 Å². The third kappa shape index (κ3) is 1.63. The van der Waals surface area contributed by atoms with Crippen LogP contribution in [0.15, 0.2) is 18.2 Å². The molecule has 4 aliphatic rings. The average Bonchev–Trinajstić information content (AvgIpc) is 2.51. The van der Waals surface area contributed by atoms with Gasteiger partial charge in [0, 0.05) is 23.4 Å². The number of likely N-dealkylation sites (N-methyl/N-ethyl adjacent to an activating group) is 1. The number of phenolic OH excluding ortho intramolecular Hbond substituents is 1. The Balaban J connectivity index is 1.87. The highest BCUT2D eigenvalue weighted by Crippen LogP contribution is 2.59. The van der Waals surface area contributed by atoms with Crippen LogP contribution >= 0.6 is 0 Å². The maximum atomic E-state index is 12.1. The van der Waals surface area contributed by atoms with E-state index in [9.17, 15) is 9.90 Å². The Kier molecular flexibility index (Phi) is 2.96. The van der Waals surface area contributed by atoms with Crippen LogP contribution in [0, 0.1) is 11.8 Å². The Morgan fingerprint density at radius 2 is 2.18 bits per heavy atom. The molecule has 2 heterocycles. The quantitative estimate of drug-likeness (QED) is 0.913. The predicted octanol–water partition coefficient (Wildman–Crippen LogP) is 2.89. The molecule has 2 aliphatic heterocycles. The molecule has 1 saturated carbocycles. The number of phenols is 1. The summed E-state index contributed by atoms with van der Waals surface area (Å²) in [5.74, 6) is 1.46. The Labute approximate surface area is 132 Å². The number of piperidine rings is 2. The van der Waals surface area contributed by atoms with Gasteiger partial charge in [-0.3, -0.25) is 9.69 Å². The van der Waals surface area contributed by atoms with Crippen molar-refractivity contribution >= 4 is 5.78 Å². The van der Waals surface area contributed by atoms with Crippen LogP contribution in [0.3, 0.4) is 0 Å². The summed E-state index contributed by atoms with van der Waals surface area (Å²) in [6.45, 7) is 4.03. The van der Waals surface area contributed by atoms with Crippen LogP contribution in [0.4, 0.5) is 0 Å². The van der Waals surface area contributed by atoms with Crippen molar-refractivity contribution < 1.29 is 9.90 Å². The van der Waals surface area contributed by atoms with E-state index < -0.39 is 0 Å². The molecule has 4 bridgehead atoms. The highest BCUT2D eigenvalue weighted by Gasteiger charge is 2.60. The second-order valence-electron chi connectivity index (χ2n) is 7.62. The summed E-state index contributed by atoms with van der Waals surface area (Å²) in [5.41, 5.74) is 2.91. The summed E-state index contributed by atoms with van der Waals surface area (Å²) in [7, 11) is 2.21. The fourth-order valence-corrected chi connectivity index (χ4v) is 5.87. The number of fused-ring (bicyclic) bond motifs is 2. The van der Waals surface area contributed by atoms with E-state index >= 15 is 0 Å². The average molecular weight is 299 g/mol. The Morgan fingerprint density at radius 3 is 2.86 bits per heavy atom. The molecule has 0 radical (unpaired) electrons. The number of carbonyl (C=O) groups excluding carboxylic acids is 1. The second kappa shape index (κ2) is 4.58. The molecule has 5 atom stereocenters. The normalized spacial score (nSPS) is 39.6. The van der Waals surface area contributed by atoms with Gasteiger partial charge in [-0.25, -0.2) is 0 Å². The number of hydrogen-bond donors (Lipinski definition) is 1. The number of rotatable bonds is 2. The standard InChI is InChI=1S/C19H25NO2/c1-4-19-10-18-14(11(2)21)9-16(19)17(20(18)3)7-12-5-6-13(22)8-15(12)19/h5-6,8,14,16-18,22H,4,7,9-10H2,1-3H3/t14?,16?,17?,18?,19-/m0/s1. The summed E-state index contributed by atoms with van der Waals surface area (Å²) in [6.07, 6.45) is 4.24. The monoisotopic (exact) mass is 299 g/mol. The minimum atomic E-state index is 0.153. The Bertz CT molecular complexity index is 640. The molecule has 3 fully saturated rings. The molecule has 4 unspecified atom stereocenters. The zero-order chi connectivity index (χ0) is 15.6. The lowest BCUT2D eigenvalue weighted by molar-refractivity contribution is -0.139. The summed E-state index contributed by atoms with van der Waals surface area (Å²) >= 11 is 0. The van der Waals surface area contributed by atoms with Crippen molar-refractivity contribution in [3.8, 4) is 5.75 Å². The molecule has 1 aromatic carbocycles. The number of aromatic hydroxyl groups is 1. The largest absolute Gasteiger partial charge is 0.508 e. The van der Waals surface area contributed by atoms with Crippen LogP contribution in [0.25, 0.3) is 0 Å². The van der Waals surface area contributed by atoms with E-state index in [0.717, 1.165) is 25.7 Å². The van der Waals surface area contributed by atoms with Crippen molar-refractivity contribution in [2.45, 2.75) is 57.0 Å². The molecule has 3 nitrogen and oxygen atoms in total. The van der Waals surface area contributed by atoms with Gasteiger partial charge in [0.2, 0.25) is 0 Å². The molecule has 118 valence electrons. The van der Waals surface area contributed by atoms with Gasteiger partial charge in [-0.1, -0.05) is 13.0 Å². The third-order valence-electron chi connectivity index (χ3n) is 6.98. The number of hydrogen-bond acceptors (Lipinski definition) is 3. The van der Waals surface area contributed by atoms with Crippen molar-refractivity contribution in [2.75, 3.05) is 7.05 Å². The number of Topliss-reactive ketones (excluding diaryl/α,β-unsaturated/α-hetero) is 1. The molecule has 1 aromatic rings. The number of carbonyl (C=O) groups is 1. The Morgan fingerprint density at radius 1 is 1.41 bits per heavy atom. The minimum absolute atomic E-state index is 0.153. The van der Waals surface area contributed by atoms with E-state index in [0.29, 0.717) is 29.5 Å². The van der Waals surface area contributed by atoms with Crippen molar-refractivity contribution in [1.29, 1.82) is 0 Å². The first-order chi connectivity index (χ1) is 10.5. The molecule has 0 spiro atoms. The fraction of sp³-hybridized carbons (Fsp3) is 0.632. The molecular formula is C19H25NO2. The van der Waals surface area contributed by atoms with Gasteiger partial charge in [-0.15, -0.1) is 0 Å². The van der Waals surface area contributed by atoms with Gasteiger partial charge in [-0.05, 0) is 68.8 Å². The first kappa shape index (κ1) is 14.3. The molecule has 0 aromatic heterocycles. The smallest absolute Gasteiger partial charge is 0.134 e. The van der Waals surface area contributed by atoms with Crippen LogP contribution in [0.2, 0.25) is 0 Å². The SMILES string of the molecule is CC[C@@]12CC3C(C(C)=O)CC1C(Cc1ccc(O)cc12)N3C. The summed E-state index contributed by atoms with van der Waals surface area (Å²) in [6, 6.07) is 6.84. The van der Waals surface area contributed by atoms with Gasteiger partial charge < -0.3 is 5.11 Å². The van der Waals surface area contributed by atoms with Gasteiger partial charge in [0.05, 0.1) is 0 Å². The lowest BCUT2D eigenvalue weighted by Gasteiger charge is -2.65. The van der Waals surface area contributed by atoms with Gasteiger partial charge in [0.15, 0.2) is 0 Å². The van der Waals surface area contributed by atoms with Gasteiger partial charge in [0.25, 0.3) is 0 Å². The van der Waals surface area contributed by atoms with Gasteiger partial charge >= 0.3 is 0 Å². The zero-order valence-corrected chi connectivity index (χ0v) is 13.7. The van der Waals surface area contributed by atoms with Crippen LogP contribution in [-0.2, 0) is 16.6 Å². The van der Waals surface area contributed by atoms with E-state index in [1.807, 2.05) is 12.1 Å². The summed E-state index contributed by atoms with van der Waals surface area (Å²) in [5, 5.41) is 9.99. The van der Waals surface area contributed by atoms with Crippen LogP contribution in [0.1, 0.15) is 44.2 Å². The van der Waals surface area contributed by atoms with Crippen molar-refractivity contribution in [2.24, 2.45) is 11.8 Å². The number of ketones is 1. The van der Waals surface area contributed by atoms with E-state index in [2.05, 4.69) is 24.9 Å². The van der Waals surface area contributed by atoms with Crippen LogP contribution in [0.5, 0.6) is 5.75 Å². The third-order valence-corrected chi connectivity index (χ3v) is 6.98. The highest BCUT2D eigenvalue weighted by atomic mass is 16.3. The zero-order valence-electron chi connectivity index (χ0n) is 13.7. The lowest BCUT2D eigenvalue weighted by Crippen LogP contribution is -2.69. The van der Waals surface area contributed by atoms with Crippen molar-refractivity contribution in [3.63, 3.8) is 0 Å². The molecule has 1 N–H and O–H groups in total. The van der Waals surface area contributed by atoms with Crippen LogP contribution in [-0.4, -0.2) is 34.9 Å². The second-order valence-corrected chi connectivity index (χ2v) is 7.62. The maximum Gasteiger partial charge on any atom is 0.134 e. The molecule has 2 aliphatic carbocycles. The first-order valence-electron chi connectivity index (χ1n) is 8.52. The van der Waals surface area contributed by atoms with Gasteiger partial charge in [0.1, 0.15) is 11.5 Å². The first-order valence-corrected chi connectivity index (χ1v) is 8.52. The predicted molar refractivity (Wildman–Crippen MR) is 86.0 cm³/mol.